The molecule has 3 nitrogen and oxygen atoms in total. The van der Waals surface area contributed by atoms with E-state index < -0.39 is 5.60 Å². The van der Waals surface area contributed by atoms with Crippen LogP contribution < -0.4 is 0 Å². The molecule has 1 heterocycles. The van der Waals surface area contributed by atoms with Crippen molar-refractivity contribution in [1.29, 1.82) is 0 Å². The SMILES string of the molecule is CCC1CCC(N2CCN(CC(C)(C)O)CC2)CC1. The summed E-state index contributed by atoms with van der Waals surface area (Å²) >= 11 is 0. The van der Waals surface area contributed by atoms with Crippen LogP contribution in [0.25, 0.3) is 0 Å². The molecule has 0 unspecified atom stereocenters. The standard InChI is InChI=1S/C16H32N2O/c1-4-14-5-7-15(8-6-14)18-11-9-17(10-12-18)13-16(2,3)19/h14-15,19H,4-13H2,1-3H3. The largest absolute Gasteiger partial charge is 0.389 e. The average molecular weight is 268 g/mol. The maximum Gasteiger partial charge on any atom is 0.0718 e. The van der Waals surface area contributed by atoms with E-state index in [1.165, 1.54) is 45.2 Å². The molecular formula is C16H32N2O. The molecule has 2 aliphatic rings. The molecule has 1 N–H and O–H groups in total. The third kappa shape index (κ3) is 4.73. The molecule has 0 bridgehead atoms. The molecule has 0 spiro atoms. The predicted molar refractivity (Wildman–Crippen MR) is 80.3 cm³/mol. The molecule has 0 aromatic rings. The maximum atomic E-state index is 9.89. The van der Waals surface area contributed by atoms with E-state index in [1.54, 1.807) is 0 Å². The second-order valence-corrected chi connectivity index (χ2v) is 7.21. The van der Waals surface area contributed by atoms with Crippen LogP contribution in [-0.2, 0) is 0 Å². The molecule has 0 aromatic heterocycles. The van der Waals surface area contributed by atoms with Gasteiger partial charge in [-0.05, 0) is 45.4 Å². The number of hydrogen-bond acceptors (Lipinski definition) is 3. The Bertz CT molecular complexity index is 258. The zero-order valence-electron chi connectivity index (χ0n) is 13.1. The highest BCUT2D eigenvalue weighted by Crippen LogP contribution is 2.29. The van der Waals surface area contributed by atoms with Gasteiger partial charge < -0.3 is 5.11 Å². The highest BCUT2D eigenvalue weighted by atomic mass is 16.3. The number of nitrogens with zero attached hydrogens (tertiary/aromatic N) is 2. The molecule has 3 heteroatoms. The molecule has 1 saturated carbocycles. The lowest BCUT2D eigenvalue weighted by atomic mass is 9.84. The molecule has 0 radical (unpaired) electrons. The van der Waals surface area contributed by atoms with E-state index in [4.69, 9.17) is 0 Å². The normalized spacial score (nSPS) is 31.6. The zero-order valence-corrected chi connectivity index (χ0v) is 13.1. The van der Waals surface area contributed by atoms with Gasteiger partial charge in [-0.15, -0.1) is 0 Å². The van der Waals surface area contributed by atoms with Crippen LogP contribution in [0.3, 0.4) is 0 Å². The minimum atomic E-state index is -0.554. The molecular weight excluding hydrogens is 236 g/mol. The van der Waals surface area contributed by atoms with Crippen molar-refractivity contribution in [3.8, 4) is 0 Å². The van der Waals surface area contributed by atoms with Gasteiger partial charge in [0.15, 0.2) is 0 Å². The topological polar surface area (TPSA) is 26.7 Å². The summed E-state index contributed by atoms with van der Waals surface area (Å²) in [4.78, 5) is 5.11. The van der Waals surface area contributed by atoms with E-state index in [0.717, 1.165) is 31.6 Å². The third-order valence-electron chi connectivity index (χ3n) is 4.93. The monoisotopic (exact) mass is 268 g/mol. The Hall–Kier alpha value is -0.120. The average Bonchev–Trinajstić information content (AvgIpc) is 2.38. The van der Waals surface area contributed by atoms with Crippen molar-refractivity contribution in [3.63, 3.8) is 0 Å². The van der Waals surface area contributed by atoms with Crippen LogP contribution in [-0.4, -0.2) is 59.3 Å². The smallest absolute Gasteiger partial charge is 0.0718 e. The predicted octanol–water partition coefficient (Wildman–Crippen LogP) is 2.34. The fourth-order valence-electron chi connectivity index (χ4n) is 3.75. The first-order chi connectivity index (χ1) is 8.98. The minimum Gasteiger partial charge on any atom is -0.389 e. The summed E-state index contributed by atoms with van der Waals surface area (Å²) in [6, 6.07) is 0.840. The van der Waals surface area contributed by atoms with Gasteiger partial charge in [0.25, 0.3) is 0 Å². The van der Waals surface area contributed by atoms with Gasteiger partial charge in [0.05, 0.1) is 5.60 Å². The Morgan fingerprint density at radius 3 is 2.05 bits per heavy atom. The van der Waals surface area contributed by atoms with Gasteiger partial charge in [-0.25, -0.2) is 0 Å². The van der Waals surface area contributed by atoms with Crippen molar-refractivity contribution in [2.24, 2.45) is 5.92 Å². The summed E-state index contributed by atoms with van der Waals surface area (Å²) in [6.07, 6.45) is 7.05. The van der Waals surface area contributed by atoms with Gasteiger partial charge in [-0.3, -0.25) is 9.80 Å². The van der Waals surface area contributed by atoms with Crippen molar-refractivity contribution < 1.29 is 5.11 Å². The second kappa shape index (κ2) is 6.55. The summed E-state index contributed by atoms with van der Waals surface area (Å²) in [5.41, 5.74) is -0.554. The second-order valence-electron chi connectivity index (χ2n) is 7.21. The highest BCUT2D eigenvalue weighted by Gasteiger charge is 2.29. The highest BCUT2D eigenvalue weighted by molar-refractivity contribution is 4.84. The van der Waals surface area contributed by atoms with Crippen LogP contribution in [0.1, 0.15) is 52.9 Å². The number of rotatable bonds is 4. The Balaban J connectivity index is 1.72. The van der Waals surface area contributed by atoms with Gasteiger partial charge in [0, 0.05) is 38.8 Å². The van der Waals surface area contributed by atoms with Crippen molar-refractivity contribution in [2.45, 2.75) is 64.5 Å². The van der Waals surface area contributed by atoms with Crippen LogP contribution in [0.2, 0.25) is 0 Å². The number of piperazine rings is 1. The lowest BCUT2D eigenvalue weighted by molar-refractivity contribution is 0.00594. The first-order valence-electron chi connectivity index (χ1n) is 8.16. The summed E-state index contributed by atoms with van der Waals surface area (Å²) in [7, 11) is 0. The fourth-order valence-corrected chi connectivity index (χ4v) is 3.75. The van der Waals surface area contributed by atoms with Crippen LogP contribution in [0, 0.1) is 5.92 Å². The van der Waals surface area contributed by atoms with E-state index in [2.05, 4.69) is 16.7 Å². The molecule has 112 valence electrons. The molecule has 19 heavy (non-hydrogen) atoms. The van der Waals surface area contributed by atoms with Crippen molar-refractivity contribution in [3.05, 3.63) is 0 Å². The van der Waals surface area contributed by atoms with E-state index in [-0.39, 0.29) is 0 Å². The molecule has 2 fully saturated rings. The van der Waals surface area contributed by atoms with Gasteiger partial charge in [0.1, 0.15) is 0 Å². The molecule has 0 atom stereocenters. The first-order valence-corrected chi connectivity index (χ1v) is 8.16. The van der Waals surface area contributed by atoms with Gasteiger partial charge in [-0.1, -0.05) is 13.3 Å². The molecule has 1 aliphatic heterocycles. The van der Waals surface area contributed by atoms with Crippen LogP contribution in [0.4, 0.5) is 0 Å². The zero-order chi connectivity index (χ0) is 13.9. The van der Waals surface area contributed by atoms with Crippen molar-refractivity contribution in [1.82, 2.24) is 9.80 Å². The summed E-state index contributed by atoms with van der Waals surface area (Å²) in [5, 5.41) is 9.89. The van der Waals surface area contributed by atoms with Crippen LogP contribution >= 0.6 is 0 Å². The van der Waals surface area contributed by atoms with Gasteiger partial charge >= 0.3 is 0 Å². The molecule has 1 saturated heterocycles. The van der Waals surface area contributed by atoms with Gasteiger partial charge in [-0.2, -0.15) is 0 Å². The van der Waals surface area contributed by atoms with Crippen molar-refractivity contribution >= 4 is 0 Å². The van der Waals surface area contributed by atoms with Crippen LogP contribution in [0.5, 0.6) is 0 Å². The van der Waals surface area contributed by atoms with Crippen molar-refractivity contribution in [2.75, 3.05) is 32.7 Å². The summed E-state index contributed by atoms with van der Waals surface area (Å²) in [6.45, 7) is 11.6. The lowest BCUT2D eigenvalue weighted by Gasteiger charge is -2.43. The number of aliphatic hydroxyl groups is 1. The Morgan fingerprint density at radius 2 is 1.58 bits per heavy atom. The van der Waals surface area contributed by atoms with Crippen LogP contribution in [0.15, 0.2) is 0 Å². The first kappa shape index (κ1) is 15.3. The number of β-amino-alcohol motifs (C(OH)–C–C–N with tert-alkyl or cyclic N) is 1. The number of hydrogen-bond donors (Lipinski definition) is 1. The molecule has 0 amide bonds. The molecule has 0 aromatic carbocycles. The molecule has 2 rings (SSSR count). The minimum absolute atomic E-state index is 0.554. The lowest BCUT2D eigenvalue weighted by Crippen LogP contribution is -2.53. The molecule has 1 aliphatic carbocycles. The van der Waals surface area contributed by atoms with E-state index >= 15 is 0 Å². The Kier molecular flexibility index (Phi) is 5.27. The van der Waals surface area contributed by atoms with E-state index in [1.807, 2.05) is 13.8 Å². The van der Waals surface area contributed by atoms with Gasteiger partial charge in [0.2, 0.25) is 0 Å². The summed E-state index contributed by atoms with van der Waals surface area (Å²) in [5.74, 6) is 0.993. The Morgan fingerprint density at radius 1 is 1.00 bits per heavy atom. The fraction of sp³-hybridized carbons (Fsp3) is 1.00. The van der Waals surface area contributed by atoms with E-state index in [0.29, 0.717) is 0 Å². The Labute approximate surface area is 119 Å². The summed E-state index contributed by atoms with van der Waals surface area (Å²) < 4.78 is 0. The van der Waals surface area contributed by atoms with E-state index in [9.17, 15) is 5.11 Å². The third-order valence-corrected chi connectivity index (χ3v) is 4.93. The quantitative estimate of drug-likeness (QED) is 0.848. The maximum absolute atomic E-state index is 9.89.